The third kappa shape index (κ3) is 2.84. The van der Waals surface area contributed by atoms with Crippen molar-refractivity contribution < 1.29 is 9.47 Å². The molecular formula is C11H19ClN4O2. The molecule has 2 atom stereocenters. The normalized spacial score (nSPS) is 22.1. The predicted molar refractivity (Wildman–Crippen MR) is 68.2 cm³/mol. The van der Waals surface area contributed by atoms with Crippen LogP contribution >= 0.6 is 11.6 Å². The largest absolute Gasteiger partial charge is 0.376 e. The molecule has 1 fully saturated rings. The van der Waals surface area contributed by atoms with Crippen LogP contribution in [-0.2, 0) is 16.0 Å². The highest BCUT2D eigenvalue weighted by Gasteiger charge is 2.30. The standard InChI is InChI=1S/C11H19ClN4O2/c1-2-3-16-11(8(12)6-14-16)10(15-13)9-7-17-4-5-18-9/h6,9-10,15H,2-5,7,13H2,1H3. The van der Waals surface area contributed by atoms with Crippen LogP contribution in [0.5, 0.6) is 0 Å². The maximum Gasteiger partial charge on any atom is 0.103 e. The van der Waals surface area contributed by atoms with Gasteiger partial charge in [0.05, 0.1) is 42.8 Å². The molecule has 0 radical (unpaired) electrons. The average Bonchev–Trinajstić information content (AvgIpc) is 2.75. The number of nitrogens with zero attached hydrogens (tertiary/aromatic N) is 2. The maximum absolute atomic E-state index is 6.20. The predicted octanol–water partition coefficient (Wildman–Crippen LogP) is 0.866. The van der Waals surface area contributed by atoms with Gasteiger partial charge in [0.1, 0.15) is 6.10 Å². The maximum atomic E-state index is 6.20. The van der Waals surface area contributed by atoms with Gasteiger partial charge in [0, 0.05) is 6.54 Å². The quantitative estimate of drug-likeness (QED) is 0.616. The Hall–Kier alpha value is -0.660. The number of aryl methyl sites for hydroxylation is 1. The number of hydrogen-bond acceptors (Lipinski definition) is 5. The van der Waals surface area contributed by atoms with E-state index in [0.29, 0.717) is 24.8 Å². The molecule has 2 unspecified atom stereocenters. The van der Waals surface area contributed by atoms with E-state index in [2.05, 4.69) is 17.4 Å². The number of hydrogen-bond donors (Lipinski definition) is 2. The van der Waals surface area contributed by atoms with Gasteiger partial charge in [-0.1, -0.05) is 18.5 Å². The van der Waals surface area contributed by atoms with Crippen molar-refractivity contribution in [1.82, 2.24) is 15.2 Å². The van der Waals surface area contributed by atoms with Crippen molar-refractivity contribution in [2.24, 2.45) is 5.84 Å². The highest BCUT2D eigenvalue weighted by molar-refractivity contribution is 6.31. The molecule has 3 N–H and O–H groups in total. The number of rotatable bonds is 5. The molecule has 18 heavy (non-hydrogen) atoms. The lowest BCUT2D eigenvalue weighted by Gasteiger charge is -2.30. The second kappa shape index (κ2) is 6.49. The minimum Gasteiger partial charge on any atom is -0.376 e. The monoisotopic (exact) mass is 274 g/mol. The number of hydrazine groups is 1. The van der Waals surface area contributed by atoms with Gasteiger partial charge in [-0.05, 0) is 6.42 Å². The van der Waals surface area contributed by atoms with Gasteiger partial charge in [-0.25, -0.2) is 5.43 Å². The molecule has 1 aliphatic rings. The zero-order valence-corrected chi connectivity index (χ0v) is 11.2. The van der Waals surface area contributed by atoms with Crippen LogP contribution in [0.3, 0.4) is 0 Å². The molecule has 1 saturated heterocycles. The Labute approximate surface area is 111 Å². The summed E-state index contributed by atoms with van der Waals surface area (Å²) >= 11 is 6.20. The van der Waals surface area contributed by atoms with Crippen LogP contribution < -0.4 is 11.3 Å². The van der Waals surface area contributed by atoms with E-state index in [9.17, 15) is 0 Å². The van der Waals surface area contributed by atoms with E-state index < -0.39 is 0 Å². The van der Waals surface area contributed by atoms with E-state index in [1.807, 2.05) is 4.68 Å². The smallest absolute Gasteiger partial charge is 0.103 e. The summed E-state index contributed by atoms with van der Waals surface area (Å²) in [5.74, 6) is 5.64. The Morgan fingerprint density at radius 1 is 1.67 bits per heavy atom. The zero-order chi connectivity index (χ0) is 13.0. The lowest BCUT2D eigenvalue weighted by Crippen LogP contribution is -2.44. The van der Waals surface area contributed by atoms with Crippen LogP contribution in [0.1, 0.15) is 25.1 Å². The molecule has 0 saturated carbocycles. The van der Waals surface area contributed by atoms with Crippen molar-refractivity contribution >= 4 is 11.6 Å². The first-order valence-electron chi connectivity index (χ1n) is 6.14. The first-order valence-corrected chi connectivity index (χ1v) is 6.52. The SMILES string of the molecule is CCCn1ncc(Cl)c1C(NN)C1COCCO1. The number of halogens is 1. The molecule has 6 nitrogen and oxygen atoms in total. The summed E-state index contributed by atoms with van der Waals surface area (Å²) in [6, 6.07) is -0.216. The van der Waals surface area contributed by atoms with Gasteiger partial charge in [0.2, 0.25) is 0 Å². The van der Waals surface area contributed by atoms with Crippen molar-refractivity contribution in [1.29, 1.82) is 0 Å². The fourth-order valence-corrected chi connectivity index (χ4v) is 2.39. The molecule has 102 valence electrons. The van der Waals surface area contributed by atoms with Crippen molar-refractivity contribution in [2.45, 2.75) is 32.0 Å². The van der Waals surface area contributed by atoms with Crippen molar-refractivity contribution in [3.8, 4) is 0 Å². The van der Waals surface area contributed by atoms with Crippen LogP contribution in [-0.4, -0.2) is 35.7 Å². The van der Waals surface area contributed by atoms with Crippen molar-refractivity contribution in [3.63, 3.8) is 0 Å². The van der Waals surface area contributed by atoms with Gasteiger partial charge in [-0.3, -0.25) is 10.5 Å². The fourth-order valence-electron chi connectivity index (χ4n) is 2.13. The van der Waals surface area contributed by atoms with Crippen molar-refractivity contribution in [3.05, 3.63) is 16.9 Å². The second-order valence-corrected chi connectivity index (χ2v) is 4.64. The van der Waals surface area contributed by atoms with Crippen LogP contribution in [0, 0.1) is 0 Å². The molecule has 0 spiro atoms. The summed E-state index contributed by atoms with van der Waals surface area (Å²) in [5, 5.41) is 4.86. The highest BCUT2D eigenvalue weighted by Crippen LogP contribution is 2.27. The van der Waals surface area contributed by atoms with E-state index in [-0.39, 0.29) is 12.1 Å². The fraction of sp³-hybridized carbons (Fsp3) is 0.727. The molecule has 1 aromatic heterocycles. The summed E-state index contributed by atoms with van der Waals surface area (Å²) in [4.78, 5) is 0. The molecule has 7 heteroatoms. The van der Waals surface area contributed by atoms with Crippen LogP contribution in [0.2, 0.25) is 5.02 Å². The van der Waals surface area contributed by atoms with Gasteiger partial charge in [0.15, 0.2) is 0 Å². The number of nitrogens with two attached hydrogens (primary N) is 1. The zero-order valence-electron chi connectivity index (χ0n) is 10.4. The van der Waals surface area contributed by atoms with Gasteiger partial charge >= 0.3 is 0 Å². The third-order valence-electron chi connectivity index (χ3n) is 2.96. The summed E-state index contributed by atoms with van der Waals surface area (Å²) < 4.78 is 13.0. The van der Waals surface area contributed by atoms with Gasteiger partial charge in [-0.2, -0.15) is 5.10 Å². The molecule has 2 heterocycles. The Bertz CT molecular complexity index is 379. The first-order chi connectivity index (χ1) is 8.77. The van der Waals surface area contributed by atoms with Crippen molar-refractivity contribution in [2.75, 3.05) is 19.8 Å². The number of nitrogens with one attached hydrogen (secondary N) is 1. The summed E-state index contributed by atoms with van der Waals surface area (Å²) in [5.41, 5.74) is 3.62. The Balaban J connectivity index is 2.22. The van der Waals surface area contributed by atoms with E-state index >= 15 is 0 Å². The van der Waals surface area contributed by atoms with Gasteiger partial charge in [0.25, 0.3) is 0 Å². The van der Waals surface area contributed by atoms with E-state index in [1.165, 1.54) is 0 Å². The van der Waals surface area contributed by atoms with Gasteiger partial charge < -0.3 is 9.47 Å². The second-order valence-electron chi connectivity index (χ2n) is 4.23. The van der Waals surface area contributed by atoms with Crippen LogP contribution in [0.15, 0.2) is 6.20 Å². The molecule has 0 aliphatic carbocycles. The molecule has 2 rings (SSSR count). The minimum absolute atomic E-state index is 0.145. The van der Waals surface area contributed by atoms with E-state index in [4.69, 9.17) is 26.9 Å². The molecule has 0 bridgehead atoms. The van der Waals surface area contributed by atoms with E-state index in [1.54, 1.807) is 6.20 Å². The van der Waals surface area contributed by atoms with Crippen LogP contribution in [0.25, 0.3) is 0 Å². The third-order valence-corrected chi connectivity index (χ3v) is 3.25. The Morgan fingerprint density at radius 3 is 3.11 bits per heavy atom. The first kappa shape index (κ1) is 13.8. The van der Waals surface area contributed by atoms with E-state index in [0.717, 1.165) is 18.7 Å². The number of ether oxygens (including phenoxy) is 2. The molecule has 1 aromatic rings. The Kier molecular flexibility index (Phi) is 4.96. The molecular weight excluding hydrogens is 256 g/mol. The molecule has 0 aromatic carbocycles. The summed E-state index contributed by atoms with van der Waals surface area (Å²) in [6.45, 7) is 4.58. The summed E-state index contributed by atoms with van der Waals surface area (Å²) in [7, 11) is 0. The van der Waals surface area contributed by atoms with Crippen LogP contribution in [0.4, 0.5) is 0 Å². The van der Waals surface area contributed by atoms with Gasteiger partial charge in [-0.15, -0.1) is 0 Å². The Morgan fingerprint density at radius 2 is 2.50 bits per heavy atom. The number of aromatic nitrogens is 2. The highest BCUT2D eigenvalue weighted by atomic mass is 35.5. The molecule has 0 amide bonds. The lowest BCUT2D eigenvalue weighted by molar-refractivity contribution is -0.103. The topological polar surface area (TPSA) is 74.3 Å². The average molecular weight is 275 g/mol. The lowest BCUT2D eigenvalue weighted by atomic mass is 10.1. The molecule has 1 aliphatic heterocycles. The minimum atomic E-state index is -0.216. The summed E-state index contributed by atoms with van der Waals surface area (Å²) in [6.07, 6.45) is 2.47.